The van der Waals surface area contributed by atoms with E-state index in [1.165, 1.54) is 104 Å². The lowest BCUT2D eigenvalue weighted by Crippen LogP contribution is -2.50. The summed E-state index contributed by atoms with van der Waals surface area (Å²) in [7, 11) is -1.43. The van der Waals surface area contributed by atoms with E-state index < -0.39 is 19.5 Å². The summed E-state index contributed by atoms with van der Waals surface area (Å²) in [5.41, 5.74) is 8.50. The molecule has 0 spiro atoms. The molecule has 0 amide bonds. The summed E-state index contributed by atoms with van der Waals surface area (Å²) >= 11 is 0. The highest BCUT2D eigenvalue weighted by molar-refractivity contribution is 6.34. The van der Waals surface area contributed by atoms with Gasteiger partial charge in [-0.2, -0.15) is 0 Å². The predicted molar refractivity (Wildman–Crippen MR) is 218 cm³/mol. The monoisotopic (exact) mass is 693 g/mol. The van der Waals surface area contributed by atoms with E-state index in [1.807, 2.05) is 48.5 Å². The van der Waals surface area contributed by atoms with Crippen LogP contribution in [0.1, 0.15) is 136 Å². The summed E-state index contributed by atoms with van der Waals surface area (Å²) in [5.74, 6) is 0. The molecule has 0 atom stereocenters. The molecule has 1 N–H and O–H groups in total. The third-order valence-electron chi connectivity index (χ3n) is 9.97. The smallest absolute Gasteiger partial charge is 0.402 e. The summed E-state index contributed by atoms with van der Waals surface area (Å²) in [6.07, 6.45) is 10.1. The molecule has 5 heteroatoms. The molecule has 4 nitrogen and oxygen atoms in total. The van der Waals surface area contributed by atoms with Crippen molar-refractivity contribution in [3.8, 4) is 0 Å². The molecule has 276 valence electrons. The van der Waals surface area contributed by atoms with Crippen LogP contribution in [-0.2, 0) is 9.31 Å². The van der Waals surface area contributed by atoms with Crippen molar-refractivity contribution in [1.29, 1.82) is 0 Å². The third-order valence-corrected chi connectivity index (χ3v) is 9.97. The highest BCUT2D eigenvalue weighted by Gasteiger charge is 2.30. The molecular weight excluding hydrogens is 625 g/mol. The molecule has 0 saturated carbocycles. The normalized spacial score (nSPS) is 11.5. The molecule has 4 aromatic rings. The van der Waals surface area contributed by atoms with Gasteiger partial charge in [0.25, 0.3) is 0 Å². The number of unbranched alkanes of at least 4 members (excludes halogenated alkanes) is 4. The van der Waals surface area contributed by atoms with E-state index in [1.54, 1.807) is 0 Å². The molecule has 0 aliphatic heterocycles. The highest BCUT2D eigenvalue weighted by Crippen LogP contribution is 2.31. The molecule has 0 bridgehead atoms. The van der Waals surface area contributed by atoms with E-state index in [4.69, 9.17) is 9.31 Å². The predicted octanol–water partition coefficient (Wildman–Crippen LogP) is 11.8. The largest absolute Gasteiger partial charge is 0.638 e. The van der Waals surface area contributed by atoms with Crippen LogP contribution in [0, 0.1) is 27.7 Å². The van der Waals surface area contributed by atoms with Crippen LogP contribution in [0.25, 0.3) is 0 Å². The summed E-state index contributed by atoms with van der Waals surface area (Å²) < 4.78 is 13.7. The fraction of sp³-hybridized carbons (Fsp3) is 0.478. The molecular formula is C46H67BNO3+. The zero-order valence-corrected chi connectivity index (χ0v) is 33.2. The van der Waals surface area contributed by atoms with Gasteiger partial charge in [0.15, 0.2) is 0 Å². The Morgan fingerprint density at radius 1 is 0.431 bits per heavy atom. The minimum Gasteiger partial charge on any atom is -0.402 e. The molecule has 51 heavy (non-hydrogen) atoms. The molecule has 0 saturated heterocycles. The van der Waals surface area contributed by atoms with Crippen molar-refractivity contribution in [2.75, 3.05) is 26.2 Å². The van der Waals surface area contributed by atoms with Crippen LogP contribution in [0.5, 0.6) is 0 Å². The Balaban J connectivity index is 0.000000351. The Hall–Kier alpha value is -3.22. The van der Waals surface area contributed by atoms with Gasteiger partial charge >= 0.3 is 7.32 Å². The summed E-state index contributed by atoms with van der Waals surface area (Å²) in [6.45, 7) is 23.2. The van der Waals surface area contributed by atoms with Gasteiger partial charge in [-0.1, -0.05) is 173 Å². The molecule has 0 aromatic heterocycles. The number of aryl methyl sites for hydroxylation is 4. The topological polar surface area (TPSA) is 38.7 Å². The Bertz CT molecular complexity index is 1260. The van der Waals surface area contributed by atoms with Crippen LogP contribution >= 0.6 is 0 Å². The van der Waals surface area contributed by atoms with Crippen LogP contribution in [-0.4, -0.2) is 43.0 Å². The van der Waals surface area contributed by atoms with Crippen LogP contribution in [0.3, 0.4) is 0 Å². The van der Waals surface area contributed by atoms with E-state index >= 15 is 0 Å². The fourth-order valence-corrected chi connectivity index (χ4v) is 6.57. The molecule has 0 aliphatic carbocycles. The number of hydrogen-bond donors (Lipinski definition) is 1. The van der Waals surface area contributed by atoms with Gasteiger partial charge in [0.1, 0.15) is 0 Å². The Morgan fingerprint density at radius 3 is 0.843 bits per heavy atom. The number of rotatable bonds is 20. The van der Waals surface area contributed by atoms with Crippen molar-refractivity contribution in [3.05, 3.63) is 142 Å². The highest BCUT2D eigenvalue weighted by atomic mass is 16.7. The van der Waals surface area contributed by atoms with Crippen molar-refractivity contribution < 1.29 is 18.8 Å². The van der Waals surface area contributed by atoms with E-state index in [-0.39, 0.29) is 0 Å². The molecule has 4 aromatic carbocycles. The zero-order valence-electron chi connectivity index (χ0n) is 33.2. The fourth-order valence-electron chi connectivity index (χ4n) is 6.57. The maximum absolute atomic E-state index is 11.0. The van der Waals surface area contributed by atoms with Crippen molar-refractivity contribution >= 4 is 7.32 Å². The molecule has 0 unspecified atom stereocenters. The maximum Gasteiger partial charge on any atom is 0.638 e. The van der Waals surface area contributed by atoms with E-state index in [9.17, 15) is 5.02 Å². The SMILES string of the molecule is CCCC[N+](CCCC)(CCCC)CCCC.Cc1ccc(C(OB(O)OC(c2ccc(C)cc2)c2ccc(C)cc2)c2ccc(C)cc2)cc1. The van der Waals surface area contributed by atoms with Gasteiger partial charge in [-0.3, -0.25) is 0 Å². The molecule has 4 rings (SSSR count). The first-order valence-corrected chi connectivity index (χ1v) is 19.7. The minimum absolute atomic E-state index is 0.465. The maximum atomic E-state index is 11.0. The first-order chi connectivity index (χ1) is 24.6. The second-order valence-corrected chi connectivity index (χ2v) is 14.6. The molecule has 0 radical (unpaired) electrons. The van der Waals surface area contributed by atoms with Crippen LogP contribution in [0.4, 0.5) is 0 Å². The van der Waals surface area contributed by atoms with Crippen LogP contribution < -0.4 is 0 Å². The van der Waals surface area contributed by atoms with Crippen LogP contribution in [0.15, 0.2) is 97.1 Å². The Kier molecular flexibility index (Phi) is 18.8. The van der Waals surface area contributed by atoms with Crippen molar-refractivity contribution in [1.82, 2.24) is 0 Å². The summed E-state index contributed by atoms with van der Waals surface area (Å²) in [6, 6.07) is 32.7. The Labute approximate surface area is 312 Å². The molecule has 0 aliphatic rings. The van der Waals surface area contributed by atoms with E-state index in [0.29, 0.717) is 0 Å². The lowest BCUT2D eigenvalue weighted by atomic mass is 9.96. The van der Waals surface area contributed by atoms with Gasteiger partial charge in [-0.25, -0.2) is 0 Å². The average molecular weight is 693 g/mol. The first kappa shape index (κ1) is 42.2. The quantitative estimate of drug-likeness (QED) is 0.0740. The second kappa shape index (κ2) is 22.7. The summed E-state index contributed by atoms with van der Waals surface area (Å²) in [4.78, 5) is 0. The lowest BCUT2D eigenvalue weighted by Gasteiger charge is -2.39. The van der Waals surface area contributed by atoms with E-state index in [0.717, 1.165) is 22.3 Å². The number of benzene rings is 4. The Morgan fingerprint density at radius 2 is 0.647 bits per heavy atom. The molecule has 0 heterocycles. The second-order valence-electron chi connectivity index (χ2n) is 14.6. The van der Waals surface area contributed by atoms with Gasteiger partial charge in [-0.05, 0) is 75.6 Å². The van der Waals surface area contributed by atoms with Crippen molar-refractivity contribution in [3.63, 3.8) is 0 Å². The molecule has 0 fully saturated rings. The minimum atomic E-state index is -1.43. The average Bonchev–Trinajstić information content (AvgIpc) is 3.14. The number of nitrogens with zero attached hydrogens (tertiary/aromatic N) is 1. The summed E-state index contributed by atoms with van der Waals surface area (Å²) in [5, 5.41) is 11.0. The lowest BCUT2D eigenvalue weighted by molar-refractivity contribution is -0.929. The van der Waals surface area contributed by atoms with Crippen molar-refractivity contribution in [2.24, 2.45) is 0 Å². The number of quaternary nitrogens is 1. The zero-order chi connectivity index (χ0) is 37.1. The van der Waals surface area contributed by atoms with Crippen molar-refractivity contribution in [2.45, 2.75) is 119 Å². The third kappa shape index (κ3) is 14.4. The number of hydrogen-bond acceptors (Lipinski definition) is 3. The van der Waals surface area contributed by atoms with Gasteiger partial charge in [0.05, 0.1) is 38.4 Å². The standard InChI is InChI=1S/C30H31BO3.C16H36N/c1-21-5-13-25(14-6-21)29(26-15-7-22(2)8-16-26)33-31(32)34-30(27-17-9-23(3)10-18-27)28-19-11-24(4)12-20-28;1-5-9-13-17(14-10-6-2,15-11-7-3)16-12-8-4/h5-20,29-30,32H,1-4H3;5-16H2,1-4H3/q;+1. The van der Waals surface area contributed by atoms with Gasteiger partial charge in [-0.15, -0.1) is 0 Å². The van der Waals surface area contributed by atoms with Crippen LogP contribution in [0.2, 0.25) is 0 Å². The van der Waals surface area contributed by atoms with E-state index in [2.05, 4.69) is 104 Å². The first-order valence-electron chi connectivity index (χ1n) is 19.7. The van der Waals surface area contributed by atoms with Gasteiger partial charge in [0.2, 0.25) is 0 Å². The van der Waals surface area contributed by atoms with Gasteiger partial charge in [0, 0.05) is 0 Å². The van der Waals surface area contributed by atoms with Gasteiger partial charge < -0.3 is 18.8 Å².